The lowest BCUT2D eigenvalue weighted by atomic mass is 10.0. The Morgan fingerprint density at radius 3 is 2.52 bits per heavy atom. The smallest absolute Gasteiger partial charge is 0.266 e. The molecule has 0 aliphatic carbocycles. The number of hydrogen-bond acceptors (Lipinski definition) is 4. The first kappa shape index (κ1) is 16.6. The zero-order valence-corrected chi connectivity index (χ0v) is 15.8. The maximum Gasteiger partial charge on any atom is 0.266 e. The molecule has 2 heterocycles. The van der Waals surface area contributed by atoms with Crippen LogP contribution in [0, 0.1) is 0 Å². The van der Waals surface area contributed by atoms with Crippen molar-refractivity contribution in [1.82, 2.24) is 4.90 Å². The molecule has 0 saturated carbocycles. The summed E-state index contributed by atoms with van der Waals surface area (Å²) in [4.78, 5) is 17.3. The number of nitrogens with zero attached hydrogens (tertiary/aromatic N) is 2. The van der Waals surface area contributed by atoms with Crippen molar-refractivity contribution in [3.8, 4) is 0 Å². The predicted octanol–water partition coefficient (Wildman–Crippen LogP) is 4.66. The highest BCUT2D eigenvalue weighted by Gasteiger charge is 2.30. The van der Waals surface area contributed by atoms with E-state index in [4.69, 9.17) is 12.2 Å². The van der Waals surface area contributed by atoms with Crippen LogP contribution in [0.5, 0.6) is 0 Å². The third-order valence-electron chi connectivity index (χ3n) is 4.86. The molecule has 2 aromatic carbocycles. The van der Waals surface area contributed by atoms with Crippen LogP contribution in [-0.4, -0.2) is 34.8 Å². The normalized spacial score (nSPS) is 19.6. The van der Waals surface area contributed by atoms with Gasteiger partial charge in [0.25, 0.3) is 5.91 Å². The van der Waals surface area contributed by atoms with E-state index >= 15 is 0 Å². The molecule has 3 nitrogen and oxygen atoms in total. The van der Waals surface area contributed by atoms with E-state index in [1.165, 1.54) is 41.1 Å². The number of benzene rings is 2. The van der Waals surface area contributed by atoms with E-state index in [0.717, 1.165) is 18.7 Å². The van der Waals surface area contributed by atoms with Gasteiger partial charge in [0, 0.05) is 30.7 Å². The predicted molar refractivity (Wildman–Crippen MR) is 111 cm³/mol. The Morgan fingerprint density at radius 2 is 1.84 bits per heavy atom. The Hall–Kier alpha value is -1.85. The molecule has 4 rings (SSSR count). The molecule has 2 aliphatic heterocycles. The fraction of sp³-hybridized carbons (Fsp3) is 0.300. The summed E-state index contributed by atoms with van der Waals surface area (Å²) in [6.07, 6.45) is 4.51. The van der Waals surface area contributed by atoms with Crippen LogP contribution in [0.2, 0.25) is 0 Å². The summed E-state index contributed by atoms with van der Waals surface area (Å²) in [6, 6.07) is 12.8. The quantitative estimate of drug-likeness (QED) is 0.581. The standard InChI is InChI=1S/C20H20N2OS2/c1-2-22-19(23)18(25-20(22)24)13-14-9-10-17(21-11-5-6-12-21)16-8-4-3-7-15(14)16/h3-4,7-10,13H,2,5-6,11-12H2,1H3. The summed E-state index contributed by atoms with van der Waals surface area (Å²) < 4.78 is 0.650. The molecule has 0 unspecified atom stereocenters. The van der Waals surface area contributed by atoms with Crippen molar-refractivity contribution in [1.29, 1.82) is 0 Å². The van der Waals surface area contributed by atoms with Crippen molar-refractivity contribution >= 4 is 56.7 Å². The summed E-state index contributed by atoms with van der Waals surface area (Å²) in [5, 5.41) is 2.44. The zero-order chi connectivity index (χ0) is 17.4. The molecule has 0 N–H and O–H groups in total. The number of likely N-dealkylation sites (N-methyl/N-ethyl adjacent to an activating group) is 1. The highest BCUT2D eigenvalue weighted by atomic mass is 32.2. The fourth-order valence-electron chi connectivity index (χ4n) is 3.58. The maximum atomic E-state index is 12.5. The van der Waals surface area contributed by atoms with Gasteiger partial charge in [-0.3, -0.25) is 9.69 Å². The van der Waals surface area contributed by atoms with Gasteiger partial charge in [-0.1, -0.05) is 54.3 Å². The summed E-state index contributed by atoms with van der Waals surface area (Å²) in [6.45, 7) is 4.82. The molecule has 0 spiro atoms. The van der Waals surface area contributed by atoms with Crippen LogP contribution in [0.15, 0.2) is 41.3 Å². The second-order valence-corrected chi connectivity index (χ2v) is 8.02. The number of rotatable bonds is 3. The lowest BCUT2D eigenvalue weighted by molar-refractivity contribution is -0.121. The van der Waals surface area contributed by atoms with E-state index in [2.05, 4.69) is 41.3 Å². The Balaban J connectivity index is 1.79. The number of amides is 1. The van der Waals surface area contributed by atoms with Gasteiger partial charge in [-0.25, -0.2) is 0 Å². The highest BCUT2D eigenvalue weighted by molar-refractivity contribution is 8.26. The second-order valence-electron chi connectivity index (χ2n) is 6.34. The lowest BCUT2D eigenvalue weighted by Crippen LogP contribution is -2.27. The first-order valence-electron chi connectivity index (χ1n) is 8.71. The Kier molecular flexibility index (Phi) is 4.52. The molecule has 128 valence electrons. The minimum Gasteiger partial charge on any atom is -0.371 e. The van der Waals surface area contributed by atoms with Gasteiger partial charge in [0.05, 0.1) is 4.91 Å². The van der Waals surface area contributed by atoms with Gasteiger partial charge < -0.3 is 4.90 Å². The van der Waals surface area contributed by atoms with Gasteiger partial charge in [0.15, 0.2) is 0 Å². The third-order valence-corrected chi connectivity index (χ3v) is 6.24. The number of thioether (sulfide) groups is 1. The van der Waals surface area contributed by atoms with Gasteiger partial charge in [-0.15, -0.1) is 0 Å². The number of carbonyl (C=O) groups excluding carboxylic acids is 1. The van der Waals surface area contributed by atoms with Crippen LogP contribution >= 0.6 is 24.0 Å². The zero-order valence-electron chi connectivity index (χ0n) is 14.2. The SMILES string of the molecule is CCN1C(=O)C(=Cc2ccc(N3CCCC3)c3ccccc23)SC1=S. The topological polar surface area (TPSA) is 23.6 Å². The Labute approximate surface area is 157 Å². The number of fused-ring (bicyclic) bond motifs is 1. The van der Waals surface area contributed by atoms with E-state index in [1.54, 1.807) is 4.90 Å². The number of thiocarbonyl (C=S) groups is 1. The lowest BCUT2D eigenvalue weighted by Gasteiger charge is -2.20. The average Bonchev–Trinajstić information content (AvgIpc) is 3.24. The first-order chi connectivity index (χ1) is 12.2. The number of anilines is 1. The van der Waals surface area contributed by atoms with Crippen LogP contribution in [0.1, 0.15) is 25.3 Å². The average molecular weight is 369 g/mol. The summed E-state index contributed by atoms with van der Waals surface area (Å²) in [5.74, 6) is 0.0187. The summed E-state index contributed by atoms with van der Waals surface area (Å²) in [7, 11) is 0. The van der Waals surface area contributed by atoms with Crippen LogP contribution < -0.4 is 4.90 Å². The second kappa shape index (κ2) is 6.81. The van der Waals surface area contributed by atoms with Gasteiger partial charge in [0.2, 0.25) is 0 Å². The molecule has 2 aromatic rings. The van der Waals surface area contributed by atoms with Gasteiger partial charge in [0.1, 0.15) is 4.32 Å². The van der Waals surface area contributed by atoms with E-state index in [-0.39, 0.29) is 5.91 Å². The summed E-state index contributed by atoms with van der Waals surface area (Å²) in [5.41, 5.74) is 2.38. The third kappa shape index (κ3) is 2.96. The van der Waals surface area contributed by atoms with Crippen molar-refractivity contribution in [2.24, 2.45) is 0 Å². The molecule has 5 heteroatoms. The van der Waals surface area contributed by atoms with E-state index in [0.29, 0.717) is 15.8 Å². The minimum atomic E-state index is 0.0187. The minimum absolute atomic E-state index is 0.0187. The fourth-order valence-corrected chi connectivity index (χ4v) is 4.96. The van der Waals surface area contributed by atoms with Gasteiger partial charge in [-0.2, -0.15) is 0 Å². The maximum absolute atomic E-state index is 12.5. The van der Waals surface area contributed by atoms with Crippen molar-refractivity contribution in [2.45, 2.75) is 19.8 Å². The van der Waals surface area contributed by atoms with Gasteiger partial charge in [-0.05, 0) is 42.9 Å². The van der Waals surface area contributed by atoms with Crippen molar-refractivity contribution in [3.63, 3.8) is 0 Å². The summed E-state index contributed by atoms with van der Waals surface area (Å²) >= 11 is 6.72. The Bertz CT molecular complexity index is 884. The van der Waals surface area contributed by atoms with Gasteiger partial charge >= 0.3 is 0 Å². The molecule has 0 atom stereocenters. The Morgan fingerprint density at radius 1 is 1.12 bits per heavy atom. The van der Waals surface area contributed by atoms with Crippen LogP contribution in [0.3, 0.4) is 0 Å². The van der Waals surface area contributed by atoms with E-state index in [1.807, 2.05) is 13.0 Å². The van der Waals surface area contributed by atoms with Crippen molar-refractivity contribution in [2.75, 3.05) is 24.5 Å². The van der Waals surface area contributed by atoms with E-state index in [9.17, 15) is 4.79 Å². The molecule has 0 bridgehead atoms. The molecule has 2 fully saturated rings. The van der Waals surface area contributed by atoms with Crippen LogP contribution in [-0.2, 0) is 4.79 Å². The molecule has 1 amide bonds. The molecule has 25 heavy (non-hydrogen) atoms. The molecule has 2 saturated heterocycles. The van der Waals surface area contributed by atoms with Crippen LogP contribution in [0.25, 0.3) is 16.8 Å². The molecular weight excluding hydrogens is 348 g/mol. The molecular formula is C20H20N2OS2. The number of hydrogen-bond donors (Lipinski definition) is 0. The largest absolute Gasteiger partial charge is 0.371 e. The molecule has 0 aromatic heterocycles. The van der Waals surface area contributed by atoms with Crippen LogP contribution in [0.4, 0.5) is 5.69 Å². The number of carbonyl (C=O) groups is 1. The highest BCUT2D eigenvalue weighted by Crippen LogP contribution is 2.36. The monoisotopic (exact) mass is 368 g/mol. The van der Waals surface area contributed by atoms with Crippen molar-refractivity contribution < 1.29 is 4.79 Å². The van der Waals surface area contributed by atoms with E-state index < -0.39 is 0 Å². The molecule has 2 aliphatic rings. The molecule has 0 radical (unpaired) electrons. The first-order valence-corrected chi connectivity index (χ1v) is 9.93. The van der Waals surface area contributed by atoms with Crippen molar-refractivity contribution in [3.05, 3.63) is 46.9 Å².